The number of para-hydroxylation sites is 1. The van der Waals surface area contributed by atoms with Gasteiger partial charge in [0.2, 0.25) is 5.91 Å². The predicted molar refractivity (Wildman–Crippen MR) is 73.7 cm³/mol. The zero-order valence-corrected chi connectivity index (χ0v) is 11.2. The molecule has 2 rings (SSSR count). The predicted octanol–water partition coefficient (Wildman–Crippen LogP) is 1.08. The molecule has 0 spiro atoms. The van der Waals surface area contributed by atoms with Crippen molar-refractivity contribution in [2.24, 2.45) is 0 Å². The van der Waals surface area contributed by atoms with Crippen molar-refractivity contribution in [3.8, 4) is 0 Å². The topological polar surface area (TPSA) is 35.6 Å². The highest BCUT2D eigenvalue weighted by Gasteiger charge is 2.18. The molecule has 4 nitrogen and oxygen atoms in total. The molecular weight excluding hydrogens is 245 g/mol. The number of nitrogens with zero attached hydrogens (tertiary/aromatic N) is 2. The summed E-state index contributed by atoms with van der Waals surface area (Å²) in [6.07, 6.45) is 0.967. The van der Waals surface area contributed by atoms with Crippen LogP contribution in [-0.2, 0) is 4.79 Å². The Morgan fingerprint density at radius 1 is 1.37 bits per heavy atom. The third kappa shape index (κ3) is 3.67. The van der Waals surface area contributed by atoms with Gasteiger partial charge in [0.05, 0.1) is 12.2 Å². The summed E-state index contributed by atoms with van der Waals surface area (Å²) in [7, 11) is 1.74. The Morgan fingerprint density at radius 3 is 2.95 bits per heavy atom. The summed E-state index contributed by atoms with van der Waals surface area (Å²) in [6.45, 7) is 3.49. The van der Waals surface area contributed by atoms with E-state index in [1.165, 1.54) is 6.07 Å². The third-order valence-electron chi connectivity index (χ3n) is 3.33. The Labute approximate surface area is 113 Å². The third-order valence-corrected chi connectivity index (χ3v) is 3.33. The number of nitrogens with one attached hydrogen (secondary N) is 1. The van der Waals surface area contributed by atoms with Crippen molar-refractivity contribution in [2.75, 3.05) is 44.7 Å². The largest absolute Gasteiger partial charge is 0.363 e. The van der Waals surface area contributed by atoms with Gasteiger partial charge in [-0.05, 0) is 25.1 Å². The van der Waals surface area contributed by atoms with Crippen LogP contribution in [0.3, 0.4) is 0 Å². The molecule has 1 aliphatic heterocycles. The lowest BCUT2D eigenvalue weighted by Gasteiger charge is -2.25. The lowest BCUT2D eigenvalue weighted by atomic mass is 10.2. The lowest BCUT2D eigenvalue weighted by molar-refractivity contribution is -0.129. The Bertz CT molecular complexity index is 430. The number of hydrogen-bond acceptors (Lipinski definition) is 3. The molecular formula is C14H20FN3O. The molecule has 1 heterocycles. The fourth-order valence-electron chi connectivity index (χ4n) is 2.24. The Morgan fingerprint density at radius 2 is 2.16 bits per heavy atom. The molecule has 1 amide bonds. The van der Waals surface area contributed by atoms with Gasteiger partial charge in [0.25, 0.3) is 0 Å². The lowest BCUT2D eigenvalue weighted by Crippen LogP contribution is -2.41. The minimum Gasteiger partial charge on any atom is -0.363 e. The zero-order valence-electron chi connectivity index (χ0n) is 11.2. The standard InChI is InChI=1S/C14H20FN3O/c1-17(13-6-3-2-5-12(13)15)11-14(19)18-9-4-7-16-8-10-18/h2-3,5-6,16H,4,7-11H2,1H3. The molecule has 1 aliphatic rings. The first-order valence-electron chi connectivity index (χ1n) is 6.62. The second-order valence-electron chi connectivity index (χ2n) is 4.79. The number of carbonyl (C=O) groups excluding carboxylic acids is 1. The maximum Gasteiger partial charge on any atom is 0.242 e. The van der Waals surface area contributed by atoms with E-state index >= 15 is 0 Å². The summed E-state index contributed by atoms with van der Waals surface area (Å²) in [5.74, 6) is -0.246. The molecule has 1 aromatic carbocycles. The molecule has 0 aliphatic carbocycles. The highest BCUT2D eigenvalue weighted by molar-refractivity contribution is 5.81. The average Bonchev–Trinajstić information content (AvgIpc) is 2.68. The van der Waals surface area contributed by atoms with Crippen LogP contribution in [-0.4, -0.2) is 50.6 Å². The maximum absolute atomic E-state index is 13.6. The Kier molecular flexibility index (Phi) is 4.74. The maximum atomic E-state index is 13.6. The molecule has 0 bridgehead atoms. The number of anilines is 1. The molecule has 0 aromatic heterocycles. The van der Waals surface area contributed by atoms with Gasteiger partial charge in [-0.25, -0.2) is 4.39 Å². The van der Waals surface area contributed by atoms with Crippen molar-refractivity contribution < 1.29 is 9.18 Å². The van der Waals surface area contributed by atoms with Gasteiger partial charge in [0, 0.05) is 26.7 Å². The summed E-state index contributed by atoms with van der Waals surface area (Å²) >= 11 is 0. The van der Waals surface area contributed by atoms with Crippen molar-refractivity contribution >= 4 is 11.6 Å². The fourth-order valence-corrected chi connectivity index (χ4v) is 2.24. The molecule has 19 heavy (non-hydrogen) atoms. The Hall–Kier alpha value is -1.62. The number of carbonyl (C=O) groups is 1. The normalized spacial score (nSPS) is 16.0. The first-order valence-corrected chi connectivity index (χ1v) is 6.62. The van der Waals surface area contributed by atoms with E-state index < -0.39 is 0 Å². The molecule has 104 valence electrons. The molecule has 1 fully saturated rings. The van der Waals surface area contributed by atoms with Gasteiger partial charge in [-0.2, -0.15) is 0 Å². The van der Waals surface area contributed by atoms with Crippen LogP contribution in [0.1, 0.15) is 6.42 Å². The van der Waals surface area contributed by atoms with Crippen LogP contribution in [0.2, 0.25) is 0 Å². The van der Waals surface area contributed by atoms with E-state index in [9.17, 15) is 9.18 Å². The summed E-state index contributed by atoms with van der Waals surface area (Å²) in [6, 6.07) is 6.52. The van der Waals surface area contributed by atoms with Crippen LogP contribution in [0.5, 0.6) is 0 Å². The summed E-state index contributed by atoms with van der Waals surface area (Å²) in [5, 5.41) is 3.26. The molecule has 0 saturated carbocycles. The van der Waals surface area contributed by atoms with E-state index in [1.54, 1.807) is 30.1 Å². The Balaban J connectivity index is 1.96. The fraction of sp³-hybridized carbons (Fsp3) is 0.500. The summed E-state index contributed by atoms with van der Waals surface area (Å²) in [5.41, 5.74) is 0.462. The van der Waals surface area contributed by atoms with Crippen molar-refractivity contribution in [3.05, 3.63) is 30.1 Å². The summed E-state index contributed by atoms with van der Waals surface area (Å²) < 4.78 is 13.6. The number of likely N-dealkylation sites (N-methyl/N-ethyl adjacent to an activating group) is 1. The molecule has 1 aromatic rings. The van der Waals surface area contributed by atoms with Gasteiger partial charge >= 0.3 is 0 Å². The number of rotatable bonds is 3. The van der Waals surface area contributed by atoms with Crippen LogP contribution in [0.25, 0.3) is 0 Å². The van der Waals surface area contributed by atoms with E-state index in [0.29, 0.717) is 5.69 Å². The van der Waals surface area contributed by atoms with Crippen LogP contribution in [0.4, 0.5) is 10.1 Å². The second-order valence-corrected chi connectivity index (χ2v) is 4.79. The van der Waals surface area contributed by atoms with Crippen molar-refractivity contribution in [3.63, 3.8) is 0 Å². The molecule has 5 heteroatoms. The first-order chi connectivity index (χ1) is 9.18. The minimum absolute atomic E-state index is 0.0504. The zero-order chi connectivity index (χ0) is 13.7. The number of hydrogen-bond donors (Lipinski definition) is 1. The van der Waals surface area contributed by atoms with Crippen LogP contribution >= 0.6 is 0 Å². The summed E-state index contributed by atoms with van der Waals surface area (Å²) in [4.78, 5) is 15.7. The molecule has 0 unspecified atom stereocenters. The van der Waals surface area contributed by atoms with Crippen LogP contribution < -0.4 is 10.2 Å². The van der Waals surface area contributed by atoms with Crippen LogP contribution in [0.15, 0.2) is 24.3 Å². The molecule has 0 radical (unpaired) electrons. The number of benzene rings is 1. The molecule has 1 saturated heterocycles. The average molecular weight is 265 g/mol. The van der Waals surface area contributed by atoms with E-state index in [1.807, 2.05) is 4.90 Å². The SMILES string of the molecule is CN(CC(=O)N1CCCNCC1)c1ccccc1F. The quantitative estimate of drug-likeness (QED) is 0.888. The number of amides is 1. The van der Waals surface area contributed by atoms with Crippen molar-refractivity contribution in [1.82, 2.24) is 10.2 Å². The first kappa shape index (κ1) is 13.8. The van der Waals surface area contributed by atoms with Gasteiger partial charge in [0.1, 0.15) is 5.82 Å². The highest BCUT2D eigenvalue weighted by atomic mass is 19.1. The van der Waals surface area contributed by atoms with Gasteiger partial charge in [-0.15, -0.1) is 0 Å². The van der Waals surface area contributed by atoms with Gasteiger partial charge in [0.15, 0.2) is 0 Å². The van der Waals surface area contributed by atoms with E-state index in [-0.39, 0.29) is 18.3 Å². The second kappa shape index (κ2) is 6.52. The van der Waals surface area contributed by atoms with E-state index in [0.717, 1.165) is 32.6 Å². The van der Waals surface area contributed by atoms with Gasteiger partial charge in [-0.1, -0.05) is 12.1 Å². The monoisotopic (exact) mass is 265 g/mol. The van der Waals surface area contributed by atoms with E-state index in [2.05, 4.69) is 5.32 Å². The smallest absolute Gasteiger partial charge is 0.242 e. The highest BCUT2D eigenvalue weighted by Crippen LogP contribution is 2.16. The number of halogens is 1. The minimum atomic E-state index is -0.296. The van der Waals surface area contributed by atoms with E-state index in [4.69, 9.17) is 0 Å². The van der Waals surface area contributed by atoms with Gasteiger partial charge in [-0.3, -0.25) is 4.79 Å². The molecule has 1 N–H and O–H groups in total. The van der Waals surface area contributed by atoms with Gasteiger partial charge < -0.3 is 15.1 Å². The van der Waals surface area contributed by atoms with Crippen molar-refractivity contribution in [2.45, 2.75) is 6.42 Å². The van der Waals surface area contributed by atoms with Crippen molar-refractivity contribution in [1.29, 1.82) is 0 Å². The van der Waals surface area contributed by atoms with Crippen LogP contribution in [0, 0.1) is 5.82 Å². The molecule has 0 atom stereocenters.